The van der Waals surface area contributed by atoms with Crippen LogP contribution >= 0.6 is 11.3 Å². The van der Waals surface area contributed by atoms with Gasteiger partial charge in [-0.3, -0.25) is 4.72 Å². The zero-order chi connectivity index (χ0) is 22.3. The number of pyridine rings is 1. The van der Waals surface area contributed by atoms with Gasteiger partial charge in [-0.1, -0.05) is 12.1 Å². The fourth-order valence-electron chi connectivity index (χ4n) is 3.58. The van der Waals surface area contributed by atoms with E-state index in [0.29, 0.717) is 16.9 Å². The fraction of sp³-hybridized carbons (Fsp3) is 0.0435. The summed E-state index contributed by atoms with van der Waals surface area (Å²) in [5.74, 6) is 0. The summed E-state index contributed by atoms with van der Waals surface area (Å²) >= 11 is 1.48. The van der Waals surface area contributed by atoms with Crippen LogP contribution in [-0.2, 0) is 10.0 Å². The largest absolute Gasteiger partial charge is 0.361 e. The number of nitrogens with zero attached hydrogens (tertiary/aromatic N) is 2. The predicted octanol–water partition coefficient (Wildman–Crippen LogP) is 5.43. The summed E-state index contributed by atoms with van der Waals surface area (Å²) in [6.45, 7) is 0. The van der Waals surface area contributed by atoms with E-state index in [1.807, 2.05) is 42.6 Å². The highest BCUT2D eigenvalue weighted by Gasteiger charge is 2.15. The number of nitrogens with one attached hydrogen (secondary N) is 3. The van der Waals surface area contributed by atoms with E-state index >= 15 is 0 Å². The van der Waals surface area contributed by atoms with Crippen molar-refractivity contribution < 1.29 is 8.42 Å². The van der Waals surface area contributed by atoms with E-state index in [9.17, 15) is 13.7 Å². The third-order valence-corrected chi connectivity index (χ3v) is 6.65. The SMILES string of the molecule is CS(=O)(=O)Nc1cccc(-c2cc3c(Nc4ccc5[nH]ccc5c4)c(C#N)cnc3s2)c1. The van der Waals surface area contributed by atoms with E-state index in [1.165, 1.54) is 11.3 Å². The zero-order valence-corrected chi connectivity index (χ0v) is 18.5. The molecule has 0 aliphatic rings. The molecule has 0 amide bonds. The summed E-state index contributed by atoms with van der Waals surface area (Å²) in [5.41, 5.74) is 4.40. The van der Waals surface area contributed by atoms with E-state index < -0.39 is 10.0 Å². The van der Waals surface area contributed by atoms with Crippen molar-refractivity contribution in [1.29, 1.82) is 5.26 Å². The van der Waals surface area contributed by atoms with Crippen LogP contribution in [-0.4, -0.2) is 24.6 Å². The van der Waals surface area contributed by atoms with Crippen molar-refractivity contribution in [2.45, 2.75) is 0 Å². The first-order chi connectivity index (χ1) is 15.4. The van der Waals surface area contributed by atoms with Crippen LogP contribution in [0.25, 0.3) is 31.6 Å². The molecule has 0 radical (unpaired) electrons. The molecule has 3 aromatic heterocycles. The molecule has 0 aliphatic carbocycles. The van der Waals surface area contributed by atoms with Gasteiger partial charge in [0.05, 0.1) is 17.5 Å². The van der Waals surface area contributed by atoms with Gasteiger partial charge >= 0.3 is 0 Å². The van der Waals surface area contributed by atoms with Gasteiger partial charge in [-0.15, -0.1) is 11.3 Å². The maximum Gasteiger partial charge on any atom is 0.229 e. The zero-order valence-electron chi connectivity index (χ0n) is 16.9. The van der Waals surface area contributed by atoms with Gasteiger partial charge in [0.2, 0.25) is 10.0 Å². The topological polar surface area (TPSA) is 111 Å². The maximum absolute atomic E-state index is 11.6. The smallest absolute Gasteiger partial charge is 0.229 e. The molecule has 0 unspecified atom stereocenters. The van der Waals surface area contributed by atoms with E-state index in [1.54, 1.807) is 24.4 Å². The second-order valence-corrected chi connectivity index (χ2v) is 10.1. The number of H-pyrrole nitrogens is 1. The molecule has 0 aliphatic heterocycles. The Kier molecular flexibility index (Phi) is 4.81. The standard InChI is InChI=1S/C23H17N5O2S2/c1-32(29,30)28-18-4-2-3-15(10-18)21-11-19-22(16(12-24)13-26-23(19)31-21)27-17-5-6-20-14(9-17)7-8-25-20/h2-11,13,25,28H,1H3,(H,26,27). The number of nitriles is 1. The molecule has 0 saturated heterocycles. The maximum atomic E-state index is 11.6. The van der Waals surface area contributed by atoms with Crippen LogP contribution < -0.4 is 10.0 Å². The first kappa shape index (κ1) is 20.1. The van der Waals surface area contributed by atoms with E-state index in [4.69, 9.17) is 0 Å². The normalized spacial score (nSPS) is 11.5. The van der Waals surface area contributed by atoms with E-state index in [2.05, 4.69) is 26.1 Å². The van der Waals surface area contributed by atoms with Crippen molar-refractivity contribution in [3.05, 3.63) is 72.6 Å². The molecule has 3 heterocycles. The van der Waals surface area contributed by atoms with Crippen molar-refractivity contribution in [3.63, 3.8) is 0 Å². The lowest BCUT2D eigenvalue weighted by atomic mass is 10.1. The average Bonchev–Trinajstić information content (AvgIpc) is 3.39. The third kappa shape index (κ3) is 3.89. The lowest BCUT2D eigenvalue weighted by Gasteiger charge is -2.09. The summed E-state index contributed by atoms with van der Waals surface area (Å²) < 4.78 is 25.7. The highest BCUT2D eigenvalue weighted by molar-refractivity contribution is 7.92. The Bertz CT molecular complexity index is 1630. The monoisotopic (exact) mass is 459 g/mol. The minimum absolute atomic E-state index is 0.448. The molecule has 0 atom stereocenters. The number of aromatic nitrogens is 2. The van der Waals surface area contributed by atoms with Crippen LogP contribution in [0.1, 0.15) is 5.56 Å². The minimum Gasteiger partial charge on any atom is -0.361 e. The summed E-state index contributed by atoms with van der Waals surface area (Å²) in [6, 6.07) is 19.4. The van der Waals surface area contributed by atoms with Crippen LogP contribution in [0, 0.1) is 11.3 Å². The predicted molar refractivity (Wildman–Crippen MR) is 130 cm³/mol. The number of aromatic amines is 1. The number of sulfonamides is 1. The van der Waals surface area contributed by atoms with Crippen molar-refractivity contribution in [2.24, 2.45) is 0 Å². The number of benzene rings is 2. The number of fused-ring (bicyclic) bond motifs is 2. The van der Waals surface area contributed by atoms with Crippen molar-refractivity contribution in [2.75, 3.05) is 16.3 Å². The third-order valence-electron chi connectivity index (χ3n) is 4.96. The van der Waals surface area contributed by atoms with Gasteiger partial charge in [-0.25, -0.2) is 13.4 Å². The molecule has 0 spiro atoms. The summed E-state index contributed by atoms with van der Waals surface area (Å²) in [4.78, 5) is 9.34. The quantitative estimate of drug-likeness (QED) is 0.324. The van der Waals surface area contributed by atoms with Gasteiger partial charge in [-0.2, -0.15) is 5.26 Å². The molecule has 0 bridgehead atoms. The van der Waals surface area contributed by atoms with Crippen LogP contribution in [0.4, 0.5) is 17.1 Å². The molecule has 7 nitrogen and oxygen atoms in total. The minimum atomic E-state index is -3.37. The number of rotatable bonds is 5. The van der Waals surface area contributed by atoms with Gasteiger partial charge in [0, 0.05) is 44.9 Å². The molecule has 2 aromatic carbocycles. The molecule has 5 rings (SSSR count). The molecule has 9 heteroatoms. The van der Waals surface area contributed by atoms with Crippen molar-refractivity contribution >= 4 is 59.5 Å². The lowest BCUT2D eigenvalue weighted by Crippen LogP contribution is -2.09. The Morgan fingerprint density at radius 3 is 2.78 bits per heavy atom. The number of hydrogen-bond donors (Lipinski definition) is 3. The Morgan fingerprint density at radius 2 is 1.97 bits per heavy atom. The Morgan fingerprint density at radius 1 is 1.09 bits per heavy atom. The average molecular weight is 460 g/mol. The summed E-state index contributed by atoms with van der Waals surface area (Å²) in [5, 5.41) is 15.0. The first-order valence-corrected chi connectivity index (χ1v) is 12.4. The second-order valence-electron chi connectivity index (χ2n) is 7.35. The summed E-state index contributed by atoms with van der Waals surface area (Å²) in [7, 11) is -3.37. The highest BCUT2D eigenvalue weighted by atomic mass is 32.2. The fourth-order valence-corrected chi connectivity index (χ4v) is 5.14. The van der Waals surface area contributed by atoms with Gasteiger partial charge in [0.25, 0.3) is 0 Å². The molecule has 0 saturated carbocycles. The molecular weight excluding hydrogens is 442 g/mol. The lowest BCUT2D eigenvalue weighted by molar-refractivity contribution is 0.607. The Balaban J connectivity index is 1.58. The number of thiophene rings is 1. The molecule has 5 aromatic rings. The summed E-state index contributed by atoms with van der Waals surface area (Å²) in [6.07, 6.45) is 4.58. The van der Waals surface area contributed by atoms with Crippen molar-refractivity contribution in [3.8, 4) is 16.5 Å². The second kappa shape index (κ2) is 7.67. The van der Waals surface area contributed by atoms with E-state index in [-0.39, 0.29) is 0 Å². The molecule has 158 valence electrons. The van der Waals surface area contributed by atoms with Crippen molar-refractivity contribution in [1.82, 2.24) is 9.97 Å². The van der Waals surface area contributed by atoms with Crippen LogP contribution in [0.3, 0.4) is 0 Å². The Hall–Kier alpha value is -3.87. The molecule has 0 fully saturated rings. The van der Waals surface area contributed by atoms with E-state index in [0.717, 1.165) is 43.5 Å². The van der Waals surface area contributed by atoms with Gasteiger partial charge in [-0.05, 0) is 48.0 Å². The van der Waals surface area contributed by atoms with Crippen LogP contribution in [0.15, 0.2) is 67.0 Å². The van der Waals surface area contributed by atoms with Crippen LogP contribution in [0.2, 0.25) is 0 Å². The number of hydrogen-bond acceptors (Lipinski definition) is 6. The highest BCUT2D eigenvalue weighted by Crippen LogP contribution is 2.39. The molecular formula is C23H17N5O2S2. The van der Waals surface area contributed by atoms with Crippen LogP contribution in [0.5, 0.6) is 0 Å². The van der Waals surface area contributed by atoms with Gasteiger partial charge in [0.1, 0.15) is 10.9 Å². The molecule has 32 heavy (non-hydrogen) atoms. The first-order valence-electron chi connectivity index (χ1n) is 9.65. The van der Waals surface area contributed by atoms with Gasteiger partial charge in [0.15, 0.2) is 0 Å². The Labute approximate surface area is 188 Å². The van der Waals surface area contributed by atoms with Gasteiger partial charge < -0.3 is 10.3 Å². The number of anilines is 3. The molecule has 3 N–H and O–H groups in total.